The molecule has 1 saturated carbocycles. The number of thioether (sulfide) groups is 1. The molecule has 0 aromatic carbocycles. The molecule has 7 heteroatoms. The van der Waals surface area contributed by atoms with Crippen molar-refractivity contribution >= 4 is 29.4 Å². The summed E-state index contributed by atoms with van der Waals surface area (Å²) in [6.45, 7) is 3.45. The number of carboxylic acids is 1. The zero-order valence-electron chi connectivity index (χ0n) is 12.0. The number of amides is 1. The quantitative estimate of drug-likeness (QED) is 0.614. The molecule has 0 aliphatic heterocycles. The molecule has 0 heterocycles. The van der Waals surface area contributed by atoms with Crippen molar-refractivity contribution in [1.29, 1.82) is 0 Å². The number of rotatable bonds is 6. The fraction of sp³-hybridized carbons (Fsp3) is 0.643. The number of Topliss-reactive ketones (excluding diaryl/α,β-unsaturated/α-hetero) is 1. The van der Waals surface area contributed by atoms with Crippen LogP contribution >= 0.6 is 11.8 Å². The fourth-order valence-corrected chi connectivity index (χ4v) is 4.33. The monoisotopic (exact) mass is 313 g/mol. The maximum Gasteiger partial charge on any atom is 0.333 e. The van der Waals surface area contributed by atoms with Crippen LogP contribution in [0.5, 0.6) is 0 Å². The normalized spacial score (nSPS) is 28.9. The number of hydrogen-bond donors (Lipinski definition) is 3. The van der Waals surface area contributed by atoms with Crippen LogP contribution in [0.2, 0.25) is 0 Å². The van der Waals surface area contributed by atoms with E-state index in [2.05, 4.69) is 5.32 Å². The van der Waals surface area contributed by atoms with Gasteiger partial charge in [-0.1, -0.05) is 0 Å². The number of aliphatic hydroxyl groups is 1. The molecule has 4 unspecified atom stereocenters. The van der Waals surface area contributed by atoms with Crippen molar-refractivity contribution in [3.63, 3.8) is 0 Å². The van der Waals surface area contributed by atoms with E-state index in [0.29, 0.717) is 23.6 Å². The van der Waals surface area contributed by atoms with Gasteiger partial charge in [0.05, 0.1) is 17.6 Å². The number of carbonyl (C=O) groups is 3. The van der Waals surface area contributed by atoms with Crippen molar-refractivity contribution in [3.05, 3.63) is 10.5 Å². The van der Waals surface area contributed by atoms with Gasteiger partial charge >= 0.3 is 5.97 Å². The summed E-state index contributed by atoms with van der Waals surface area (Å²) in [6, 6.07) is 0. The molecule has 1 amide bonds. The minimum absolute atomic E-state index is 0.0909. The molecular formula is C14H19NO5S. The van der Waals surface area contributed by atoms with Gasteiger partial charge < -0.3 is 15.5 Å². The van der Waals surface area contributed by atoms with Gasteiger partial charge in [-0.2, -0.15) is 0 Å². The third kappa shape index (κ3) is 2.98. The van der Waals surface area contributed by atoms with Gasteiger partial charge in [0.25, 0.3) is 0 Å². The van der Waals surface area contributed by atoms with Crippen LogP contribution in [0.3, 0.4) is 0 Å². The molecule has 2 aliphatic rings. The van der Waals surface area contributed by atoms with Crippen molar-refractivity contribution in [3.8, 4) is 0 Å². The highest BCUT2D eigenvalue weighted by atomic mass is 32.2. The van der Waals surface area contributed by atoms with Crippen LogP contribution in [-0.4, -0.2) is 46.3 Å². The Hall–Kier alpha value is -1.34. The van der Waals surface area contributed by atoms with Gasteiger partial charge in [-0.05, 0) is 24.2 Å². The maximum atomic E-state index is 12.0. The first-order chi connectivity index (χ1) is 9.84. The summed E-state index contributed by atoms with van der Waals surface area (Å²) in [5.41, 5.74) is 0.190. The molecule has 4 atom stereocenters. The molecular weight excluding hydrogens is 294 g/mol. The van der Waals surface area contributed by atoms with Crippen molar-refractivity contribution in [2.75, 3.05) is 12.3 Å². The number of carboxylic acid groups (broad SMARTS) is 1. The molecule has 116 valence electrons. The number of carbonyl (C=O) groups excluding carboxylic acids is 2. The summed E-state index contributed by atoms with van der Waals surface area (Å²) >= 11 is 1.38. The Morgan fingerprint density at radius 2 is 2.14 bits per heavy atom. The van der Waals surface area contributed by atoms with E-state index in [1.807, 2.05) is 0 Å². The average molecular weight is 313 g/mol. The number of ketones is 1. The summed E-state index contributed by atoms with van der Waals surface area (Å²) < 4.78 is 0. The lowest BCUT2D eigenvalue weighted by atomic mass is 9.61. The Morgan fingerprint density at radius 1 is 1.48 bits per heavy atom. The van der Waals surface area contributed by atoms with E-state index < -0.39 is 23.9 Å². The van der Waals surface area contributed by atoms with Crippen molar-refractivity contribution < 1.29 is 24.6 Å². The molecule has 6 nitrogen and oxygen atoms in total. The number of fused-ring (bicyclic) bond motifs is 1. The number of aliphatic carboxylic acids is 1. The molecule has 0 aromatic heterocycles. The van der Waals surface area contributed by atoms with E-state index >= 15 is 0 Å². The zero-order chi connectivity index (χ0) is 15.7. The third-order valence-corrected chi connectivity index (χ3v) is 5.20. The molecule has 2 aliphatic carbocycles. The Balaban J connectivity index is 2.04. The van der Waals surface area contributed by atoms with Gasteiger partial charge in [0.15, 0.2) is 0 Å². The first-order valence-electron chi connectivity index (χ1n) is 6.90. The highest BCUT2D eigenvalue weighted by molar-refractivity contribution is 8.03. The molecule has 0 aromatic rings. The number of nitrogens with one attached hydrogen (secondary N) is 1. The fourth-order valence-electron chi connectivity index (χ4n) is 3.20. The molecule has 0 saturated heterocycles. The Morgan fingerprint density at radius 3 is 2.67 bits per heavy atom. The maximum absolute atomic E-state index is 12.0. The van der Waals surface area contributed by atoms with Crippen LogP contribution in [0.25, 0.3) is 0 Å². The molecule has 2 rings (SSSR count). The summed E-state index contributed by atoms with van der Waals surface area (Å²) in [6.07, 6.45) is -0.212. The molecule has 1 fully saturated rings. The summed E-state index contributed by atoms with van der Waals surface area (Å²) in [4.78, 5) is 34.9. The summed E-state index contributed by atoms with van der Waals surface area (Å²) in [5, 5.41) is 21.6. The predicted octanol–water partition coefficient (Wildman–Crippen LogP) is 0.410. The predicted molar refractivity (Wildman–Crippen MR) is 77.6 cm³/mol. The largest absolute Gasteiger partial charge is 0.478 e. The van der Waals surface area contributed by atoms with Crippen molar-refractivity contribution in [2.24, 2.45) is 17.8 Å². The van der Waals surface area contributed by atoms with E-state index in [9.17, 15) is 24.6 Å². The van der Waals surface area contributed by atoms with Crippen LogP contribution in [0.4, 0.5) is 0 Å². The van der Waals surface area contributed by atoms with Gasteiger partial charge in [0.1, 0.15) is 5.78 Å². The first kappa shape index (κ1) is 16.0. The van der Waals surface area contributed by atoms with E-state index in [4.69, 9.17) is 0 Å². The van der Waals surface area contributed by atoms with Crippen LogP contribution < -0.4 is 5.32 Å². The minimum atomic E-state index is -1.05. The van der Waals surface area contributed by atoms with Crippen LogP contribution in [-0.2, 0) is 14.4 Å². The van der Waals surface area contributed by atoms with Crippen LogP contribution in [0, 0.1) is 17.8 Å². The van der Waals surface area contributed by atoms with Crippen molar-refractivity contribution in [1.82, 2.24) is 5.32 Å². The highest BCUT2D eigenvalue weighted by Gasteiger charge is 2.58. The second-order valence-electron chi connectivity index (χ2n) is 5.49. The molecule has 0 radical (unpaired) electrons. The van der Waals surface area contributed by atoms with Gasteiger partial charge in [-0.3, -0.25) is 9.59 Å². The van der Waals surface area contributed by atoms with Gasteiger partial charge in [0, 0.05) is 25.1 Å². The second-order valence-corrected chi connectivity index (χ2v) is 6.68. The smallest absolute Gasteiger partial charge is 0.333 e. The molecule has 0 bridgehead atoms. The van der Waals surface area contributed by atoms with E-state index in [-0.39, 0.29) is 23.2 Å². The highest BCUT2D eigenvalue weighted by Crippen LogP contribution is 2.54. The van der Waals surface area contributed by atoms with Gasteiger partial charge in [-0.25, -0.2) is 4.79 Å². The van der Waals surface area contributed by atoms with E-state index in [0.717, 1.165) is 0 Å². The second kappa shape index (κ2) is 6.19. The summed E-state index contributed by atoms with van der Waals surface area (Å²) in [7, 11) is 0. The standard InChI is InChI=1S/C14H19NO5S/c1-6(16)10-8-5-9(21-4-3-15-7(2)17)12(14(19)20)11(8)13(10)18/h6,8,10-11,16H,3-5H2,1-2H3,(H,15,17)(H,19,20). The molecule has 21 heavy (non-hydrogen) atoms. The average Bonchev–Trinajstić information content (AvgIpc) is 2.68. The number of allylic oxidation sites excluding steroid dienone is 1. The molecule has 0 spiro atoms. The van der Waals surface area contributed by atoms with Crippen molar-refractivity contribution in [2.45, 2.75) is 26.4 Å². The van der Waals surface area contributed by atoms with E-state index in [1.165, 1.54) is 18.7 Å². The third-order valence-electron chi connectivity index (χ3n) is 4.06. The Bertz CT molecular complexity index is 513. The Kier molecular flexibility index (Phi) is 4.73. The number of aliphatic hydroxyl groups excluding tert-OH is 1. The SMILES string of the molecule is CC(=O)NCCSC1=C(C(=O)O)C2C(=O)C(C(C)O)C2C1. The van der Waals surface area contributed by atoms with Gasteiger partial charge in [-0.15, -0.1) is 11.8 Å². The number of hydrogen-bond acceptors (Lipinski definition) is 5. The lowest BCUT2D eigenvalue weighted by Gasteiger charge is -2.41. The lowest BCUT2D eigenvalue weighted by Crippen LogP contribution is -2.51. The van der Waals surface area contributed by atoms with Crippen LogP contribution in [0.1, 0.15) is 20.3 Å². The Labute approximate surface area is 127 Å². The zero-order valence-corrected chi connectivity index (χ0v) is 12.8. The first-order valence-corrected chi connectivity index (χ1v) is 7.88. The van der Waals surface area contributed by atoms with E-state index in [1.54, 1.807) is 6.92 Å². The topological polar surface area (TPSA) is 104 Å². The summed E-state index contributed by atoms with van der Waals surface area (Å²) in [5.74, 6) is -1.88. The molecule has 3 N–H and O–H groups in total. The van der Waals surface area contributed by atoms with Crippen LogP contribution in [0.15, 0.2) is 10.5 Å². The lowest BCUT2D eigenvalue weighted by molar-refractivity contribution is -0.149. The van der Waals surface area contributed by atoms with Gasteiger partial charge in [0.2, 0.25) is 5.91 Å². The minimum Gasteiger partial charge on any atom is -0.478 e.